The monoisotopic (exact) mass is 261 g/mol. The van der Waals surface area contributed by atoms with Crippen LogP contribution in [-0.4, -0.2) is 55.5 Å². The third-order valence-corrected chi connectivity index (χ3v) is 3.50. The van der Waals surface area contributed by atoms with E-state index < -0.39 is 0 Å². The van der Waals surface area contributed by atoms with Crippen LogP contribution in [0.5, 0.6) is 0 Å². The Morgan fingerprint density at radius 3 is 2.79 bits per heavy atom. The van der Waals surface area contributed by atoms with Gasteiger partial charge in [0.1, 0.15) is 0 Å². The Labute approximate surface area is 115 Å². The van der Waals surface area contributed by atoms with Crippen LogP contribution in [0.2, 0.25) is 0 Å². The lowest BCUT2D eigenvalue weighted by Gasteiger charge is -2.28. The smallest absolute Gasteiger partial charge is 0.236 e. The first kappa shape index (κ1) is 14.0. The Morgan fingerprint density at radius 1 is 1.37 bits per heavy atom. The molecule has 4 heteroatoms. The van der Waals surface area contributed by atoms with Crippen LogP contribution in [0.25, 0.3) is 0 Å². The standard InChI is InChI=1S/C15H23N3O/c1-13-4-3-5-14(10-13)11-17(2)15(19)12-18-8-6-16-7-9-18/h3-5,10,16H,6-9,11-12H2,1-2H3. The van der Waals surface area contributed by atoms with E-state index in [-0.39, 0.29) is 5.91 Å². The zero-order chi connectivity index (χ0) is 13.7. The molecule has 0 saturated carbocycles. The Bertz CT molecular complexity index is 427. The minimum Gasteiger partial charge on any atom is -0.340 e. The summed E-state index contributed by atoms with van der Waals surface area (Å²) in [6.07, 6.45) is 0. The number of benzene rings is 1. The van der Waals surface area contributed by atoms with E-state index in [1.54, 1.807) is 0 Å². The van der Waals surface area contributed by atoms with Crippen molar-refractivity contribution in [3.63, 3.8) is 0 Å². The second-order valence-corrected chi connectivity index (χ2v) is 5.27. The Hall–Kier alpha value is -1.39. The van der Waals surface area contributed by atoms with Crippen molar-refractivity contribution in [3.05, 3.63) is 35.4 Å². The predicted octanol–water partition coefficient (Wildman–Crippen LogP) is 0.859. The van der Waals surface area contributed by atoms with Crippen LogP contribution in [-0.2, 0) is 11.3 Å². The van der Waals surface area contributed by atoms with Gasteiger partial charge < -0.3 is 10.2 Å². The topological polar surface area (TPSA) is 35.6 Å². The number of hydrogen-bond acceptors (Lipinski definition) is 3. The molecule has 1 saturated heterocycles. The maximum Gasteiger partial charge on any atom is 0.236 e. The van der Waals surface area contributed by atoms with Crippen molar-refractivity contribution in [2.75, 3.05) is 39.8 Å². The summed E-state index contributed by atoms with van der Waals surface area (Å²) in [4.78, 5) is 16.2. The lowest BCUT2D eigenvalue weighted by Crippen LogP contribution is -2.47. The summed E-state index contributed by atoms with van der Waals surface area (Å²) >= 11 is 0. The van der Waals surface area contributed by atoms with E-state index in [4.69, 9.17) is 0 Å². The van der Waals surface area contributed by atoms with E-state index in [0.29, 0.717) is 13.1 Å². The first-order valence-corrected chi connectivity index (χ1v) is 6.88. The van der Waals surface area contributed by atoms with Gasteiger partial charge in [-0.3, -0.25) is 9.69 Å². The molecule has 2 rings (SSSR count). The van der Waals surface area contributed by atoms with E-state index in [0.717, 1.165) is 26.2 Å². The number of nitrogens with one attached hydrogen (secondary N) is 1. The van der Waals surface area contributed by atoms with Crippen molar-refractivity contribution in [1.82, 2.24) is 15.1 Å². The van der Waals surface area contributed by atoms with Gasteiger partial charge in [0.05, 0.1) is 6.54 Å². The highest BCUT2D eigenvalue weighted by atomic mass is 16.2. The van der Waals surface area contributed by atoms with Crippen molar-refractivity contribution in [1.29, 1.82) is 0 Å². The molecule has 1 aliphatic rings. The maximum absolute atomic E-state index is 12.2. The SMILES string of the molecule is Cc1cccc(CN(C)C(=O)CN2CCNCC2)c1. The molecule has 0 spiro atoms. The molecule has 104 valence electrons. The molecule has 0 aliphatic carbocycles. The number of rotatable bonds is 4. The average Bonchev–Trinajstić information content (AvgIpc) is 2.40. The minimum absolute atomic E-state index is 0.198. The zero-order valence-corrected chi connectivity index (χ0v) is 11.9. The van der Waals surface area contributed by atoms with E-state index in [9.17, 15) is 4.79 Å². The van der Waals surface area contributed by atoms with Crippen molar-refractivity contribution >= 4 is 5.91 Å². The number of nitrogens with zero attached hydrogens (tertiary/aromatic N) is 2. The van der Waals surface area contributed by atoms with E-state index in [1.807, 2.05) is 18.0 Å². The molecule has 1 N–H and O–H groups in total. The summed E-state index contributed by atoms with van der Waals surface area (Å²) in [5.74, 6) is 0.198. The third kappa shape index (κ3) is 4.33. The lowest BCUT2D eigenvalue weighted by molar-refractivity contribution is -0.131. The quantitative estimate of drug-likeness (QED) is 0.873. The highest BCUT2D eigenvalue weighted by Gasteiger charge is 2.16. The van der Waals surface area contributed by atoms with Crippen LogP contribution < -0.4 is 5.32 Å². The van der Waals surface area contributed by atoms with Crippen LogP contribution in [0, 0.1) is 6.92 Å². The van der Waals surface area contributed by atoms with Crippen LogP contribution in [0.3, 0.4) is 0 Å². The van der Waals surface area contributed by atoms with Gasteiger partial charge in [-0.25, -0.2) is 0 Å². The fraction of sp³-hybridized carbons (Fsp3) is 0.533. The summed E-state index contributed by atoms with van der Waals surface area (Å²) < 4.78 is 0. The summed E-state index contributed by atoms with van der Waals surface area (Å²) in [5, 5.41) is 3.30. The third-order valence-electron chi connectivity index (χ3n) is 3.50. The van der Waals surface area contributed by atoms with Gasteiger partial charge in [0, 0.05) is 39.8 Å². The first-order chi connectivity index (χ1) is 9.15. The first-order valence-electron chi connectivity index (χ1n) is 6.88. The number of aryl methyl sites for hydroxylation is 1. The Kier molecular flexibility index (Phi) is 4.93. The summed E-state index contributed by atoms with van der Waals surface area (Å²) in [5.41, 5.74) is 2.43. The van der Waals surface area contributed by atoms with Gasteiger partial charge in [-0.05, 0) is 12.5 Å². The van der Waals surface area contributed by atoms with Crippen LogP contribution >= 0.6 is 0 Å². The molecule has 0 unspecified atom stereocenters. The van der Waals surface area contributed by atoms with Crippen LogP contribution in [0.15, 0.2) is 24.3 Å². The molecule has 0 bridgehead atoms. The van der Waals surface area contributed by atoms with Gasteiger partial charge in [0.2, 0.25) is 5.91 Å². The van der Waals surface area contributed by atoms with E-state index in [1.165, 1.54) is 11.1 Å². The van der Waals surface area contributed by atoms with Crippen LogP contribution in [0.1, 0.15) is 11.1 Å². The number of amides is 1. The zero-order valence-electron chi connectivity index (χ0n) is 11.9. The van der Waals surface area contributed by atoms with Crippen molar-refractivity contribution in [3.8, 4) is 0 Å². The average molecular weight is 261 g/mol. The molecule has 1 fully saturated rings. The molecule has 1 aromatic carbocycles. The highest BCUT2D eigenvalue weighted by molar-refractivity contribution is 5.78. The predicted molar refractivity (Wildman–Crippen MR) is 77.0 cm³/mol. The van der Waals surface area contributed by atoms with Gasteiger partial charge in [0.25, 0.3) is 0 Å². The summed E-state index contributed by atoms with van der Waals surface area (Å²) in [7, 11) is 1.88. The number of likely N-dealkylation sites (N-methyl/N-ethyl adjacent to an activating group) is 1. The molecule has 1 aromatic rings. The van der Waals surface area contributed by atoms with Gasteiger partial charge in [0.15, 0.2) is 0 Å². The summed E-state index contributed by atoms with van der Waals surface area (Å²) in [6, 6.07) is 8.32. The number of hydrogen-bond donors (Lipinski definition) is 1. The normalized spacial score (nSPS) is 16.3. The second-order valence-electron chi connectivity index (χ2n) is 5.27. The molecule has 4 nitrogen and oxygen atoms in total. The number of piperazine rings is 1. The van der Waals surface area contributed by atoms with Gasteiger partial charge >= 0.3 is 0 Å². The second kappa shape index (κ2) is 6.68. The molecule has 1 heterocycles. The maximum atomic E-state index is 12.2. The highest BCUT2D eigenvalue weighted by Crippen LogP contribution is 2.07. The molecule has 0 aromatic heterocycles. The molecule has 19 heavy (non-hydrogen) atoms. The Morgan fingerprint density at radius 2 is 2.11 bits per heavy atom. The largest absolute Gasteiger partial charge is 0.340 e. The van der Waals surface area contributed by atoms with E-state index in [2.05, 4.69) is 35.3 Å². The van der Waals surface area contributed by atoms with Crippen LogP contribution in [0.4, 0.5) is 0 Å². The number of carbonyl (C=O) groups excluding carboxylic acids is 1. The number of carbonyl (C=O) groups is 1. The van der Waals surface area contributed by atoms with Crippen molar-refractivity contribution in [2.45, 2.75) is 13.5 Å². The molecular weight excluding hydrogens is 238 g/mol. The fourth-order valence-electron chi connectivity index (χ4n) is 2.35. The lowest BCUT2D eigenvalue weighted by atomic mass is 10.1. The minimum atomic E-state index is 0.198. The van der Waals surface area contributed by atoms with Gasteiger partial charge in [-0.1, -0.05) is 29.8 Å². The Balaban J connectivity index is 1.84. The molecule has 1 aliphatic heterocycles. The molecular formula is C15H23N3O. The molecule has 0 atom stereocenters. The van der Waals surface area contributed by atoms with Gasteiger partial charge in [-0.2, -0.15) is 0 Å². The molecule has 1 amide bonds. The summed E-state index contributed by atoms with van der Waals surface area (Å²) in [6.45, 7) is 7.18. The van der Waals surface area contributed by atoms with Crippen molar-refractivity contribution < 1.29 is 4.79 Å². The van der Waals surface area contributed by atoms with Crippen molar-refractivity contribution in [2.24, 2.45) is 0 Å². The molecule has 0 radical (unpaired) electrons. The van der Waals surface area contributed by atoms with E-state index >= 15 is 0 Å². The fourth-order valence-corrected chi connectivity index (χ4v) is 2.35. The van der Waals surface area contributed by atoms with Gasteiger partial charge in [-0.15, -0.1) is 0 Å².